The Morgan fingerprint density at radius 2 is 1.75 bits per heavy atom. The minimum absolute atomic E-state index is 0.0302. The van der Waals surface area contributed by atoms with Crippen molar-refractivity contribution in [1.29, 1.82) is 0 Å². The van der Waals surface area contributed by atoms with Gasteiger partial charge in [-0.1, -0.05) is 20.8 Å². The van der Waals surface area contributed by atoms with Gasteiger partial charge in [0.2, 0.25) is 17.7 Å². The third kappa shape index (κ3) is 8.37. The SMILES string of the molecule is CCC(=O)CCC(CNC(=O)CC)NC(=O)CCC(=O)N1C[C@H](O)C[C@H]1CC. The van der Waals surface area contributed by atoms with Crippen LogP contribution in [0.2, 0.25) is 0 Å². The third-order valence-electron chi connectivity index (χ3n) is 5.15. The van der Waals surface area contributed by atoms with Crippen LogP contribution in [-0.2, 0) is 19.2 Å². The van der Waals surface area contributed by atoms with Crippen molar-refractivity contribution in [2.24, 2.45) is 0 Å². The molecule has 0 spiro atoms. The average Bonchev–Trinajstić information content (AvgIpc) is 3.08. The van der Waals surface area contributed by atoms with Crippen LogP contribution in [0.3, 0.4) is 0 Å². The number of Topliss-reactive ketones (excluding diaryl/α,β-unsaturated/α-hetero) is 1. The van der Waals surface area contributed by atoms with Gasteiger partial charge in [-0.05, 0) is 19.3 Å². The molecule has 0 radical (unpaired) electrons. The van der Waals surface area contributed by atoms with Crippen molar-refractivity contribution in [3.05, 3.63) is 0 Å². The second kappa shape index (κ2) is 12.5. The molecule has 8 heteroatoms. The summed E-state index contributed by atoms with van der Waals surface area (Å²) < 4.78 is 0. The highest BCUT2D eigenvalue weighted by Gasteiger charge is 2.32. The van der Waals surface area contributed by atoms with E-state index in [1.807, 2.05) is 6.92 Å². The summed E-state index contributed by atoms with van der Waals surface area (Å²) in [5.74, 6) is -0.416. The van der Waals surface area contributed by atoms with Gasteiger partial charge in [-0.25, -0.2) is 0 Å². The number of hydrogen-bond donors (Lipinski definition) is 3. The minimum Gasteiger partial charge on any atom is -0.391 e. The van der Waals surface area contributed by atoms with E-state index in [0.29, 0.717) is 38.6 Å². The number of carbonyl (C=O) groups excluding carboxylic acids is 4. The number of aliphatic hydroxyl groups is 1. The van der Waals surface area contributed by atoms with E-state index in [9.17, 15) is 24.3 Å². The van der Waals surface area contributed by atoms with Crippen LogP contribution < -0.4 is 10.6 Å². The molecule has 0 bridgehead atoms. The molecule has 0 aromatic heterocycles. The summed E-state index contributed by atoms with van der Waals surface area (Å²) in [6.07, 6.45) is 2.57. The van der Waals surface area contributed by atoms with Crippen molar-refractivity contribution in [3.8, 4) is 0 Å². The first-order chi connectivity index (χ1) is 13.3. The summed E-state index contributed by atoms with van der Waals surface area (Å²) in [7, 11) is 0. The van der Waals surface area contributed by atoms with E-state index in [4.69, 9.17) is 0 Å². The summed E-state index contributed by atoms with van der Waals surface area (Å²) in [6.45, 7) is 6.10. The third-order valence-corrected chi connectivity index (χ3v) is 5.15. The highest BCUT2D eigenvalue weighted by molar-refractivity contribution is 5.84. The van der Waals surface area contributed by atoms with Crippen molar-refractivity contribution in [3.63, 3.8) is 0 Å². The van der Waals surface area contributed by atoms with Gasteiger partial charge in [-0.2, -0.15) is 0 Å². The van der Waals surface area contributed by atoms with Gasteiger partial charge < -0.3 is 20.6 Å². The van der Waals surface area contributed by atoms with Gasteiger partial charge in [0, 0.05) is 57.3 Å². The number of nitrogens with zero attached hydrogens (tertiary/aromatic N) is 1. The quantitative estimate of drug-likeness (QED) is 0.453. The van der Waals surface area contributed by atoms with Crippen molar-refractivity contribution < 1.29 is 24.3 Å². The first kappa shape index (κ1) is 24.1. The van der Waals surface area contributed by atoms with Crippen molar-refractivity contribution >= 4 is 23.5 Å². The molecular weight excluding hydrogens is 362 g/mol. The fraction of sp³-hybridized carbons (Fsp3) is 0.800. The number of rotatable bonds is 12. The van der Waals surface area contributed by atoms with E-state index < -0.39 is 6.10 Å². The number of β-amino-alcohol motifs (C(OH)–C–C–N with tert-alkyl or cyclic N) is 1. The van der Waals surface area contributed by atoms with Gasteiger partial charge in [0.05, 0.1) is 6.10 Å². The van der Waals surface area contributed by atoms with Crippen LogP contribution in [0, 0.1) is 0 Å². The summed E-state index contributed by atoms with van der Waals surface area (Å²) in [6, 6.07) is -0.312. The van der Waals surface area contributed by atoms with Gasteiger partial charge in [0.1, 0.15) is 5.78 Å². The lowest BCUT2D eigenvalue weighted by Crippen LogP contribution is -2.44. The van der Waals surface area contributed by atoms with E-state index in [1.165, 1.54) is 0 Å². The van der Waals surface area contributed by atoms with Crippen molar-refractivity contribution in [1.82, 2.24) is 15.5 Å². The van der Waals surface area contributed by atoms with Crippen LogP contribution in [0.25, 0.3) is 0 Å². The molecular formula is C20H35N3O5. The molecule has 28 heavy (non-hydrogen) atoms. The molecule has 3 atom stereocenters. The Labute approximate surface area is 167 Å². The maximum atomic E-state index is 12.4. The molecule has 1 fully saturated rings. The predicted molar refractivity (Wildman–Crippen MR) is 105 cm³/mol. The Bertz CT molecular complexity index is 532. The number of amides is 3. The Morgan fingerprint density at radius 1 is 1.04 bits per heavy atom. The van der Waals surface area contributed by atoms with Gasteiger partial charge in [0.15, 0.2) is 0 Å². The monoisotopic (exact) mass is 397 g/mol. The molecule has 3 amide bonds. The zero-order valence-electron chi connectivity index (χ0n) is 17.3. The molecule has 8 nitrogen and oxygen atoms in total. The number of aliphatic hydroxyl groups excluding tert-OH is 1. The fourth-order valence-corrected chi connectivity index (χ4v) is 3.35. The van der Waals surface area contributed by atoms with E-state index in [2.05, 4.69) is 10.6 Å². The van der Waals surface area contributed by atoms with Crippen LogP contribution in [0.1, 0.15) is 72.1 Å². The highest BCUT2D eigenvalue weighted by atomic mass is 16.3. The maximum absolute atomic E-state index is 12.4. The molecule has 1 aliphatic rings. The van der Waals surface area contributed by atoms with Crippen LogP contribution in [-0.4, -0.2) is 64.8 Å². The van der Waals surface area contributed by atoms with E-state index >= 15 is 0 Å². The highest BCUT2D eigenvalue weighted by Crippen LogP contribution is 2.21. The van der Waals surface area contributed by atoms with E-state index in [0.717, 1.165) is 6.42 Å². The number of likely N-dealkylation sites (tertiary alicyclic amines) is 1. The number of carbonyl (C=O) groups is 4. The van der Waals surface area contributed by atoms with Crippen LogP contribution in [0.4, 0.5) is 0 Å². The van der Waals surface area contributed by atoms with Crippen LogP contribution >= 0.6 is 0 Å². The number of nitrogens with one attached hydrogen (secondary N) is 2. The largest absolute Gasteiger partial charge is 0.391 e. The molecule has 0 aromatic carbocycles. The smallest absolute Gasteiger partial charge is 0.223 e. The molecule has 0 saturated carbocycles. The number of hydrogen-bond acceptors (Lipinski definition) is 5. The fourth-order valence-electron chi connectivity index (χ4n) is 3.35. The second-order valence-electron chi connectivity index (χ2n) is 7.35. The van der Waals surface area contributed by atoms with Gasteiger partial charge in [0.25, 0.3) is 0 Å². The minimum atomic E-state index is -0.495. The summed E-state index contributed by atoms with van der Waals surface area (Å²) in [5, 5.41) is 15.3. The maximum Gasteiger partial charge on any atom is 0.223 e. The Morgan fingerprint density at radius 3 is 2.36 bits per heavy atom. The lowest BCUT2D eigenvalue weighted by atomic mass is 10.1. The van der Waals surface area contributed by atoms with Crippen molar-refractivity contribution in [2.45, 2.75) is 90.3 Å². The standard InChI is InChI=1S/C20H35N3O5/c1-4-15-11-17(25)13-23(15)20(28)10-9-19(27)22-14(7-8-16(24)5-2)12-21-18(26)6-3/h14-15,17,25H,4-13H2,1-3H3,(H,21,26)(H,22,27)/t14?,15-,17-/m1/s1. The normalized spacial score (nSPS) is 19.9. The zero-order chi connectivity index (χ0) is 21.1. The molecule has 1 unspecified atom stereocenters. The summed E-state index contributed by atoms with van der Waals surface area (Å²) in [4.78, 5) is 49.4. The second-order valence-corrected chi connectivity index (χ2v) is 7.35. The first-order valence-corrected chi connectivity index (χ1v) is 10.4. The first-order valence-electron chi connectivity index (χ1n) is 10.4. The van der Waals surface area contributed by atoms with Crippen molar-refractivity contribution in [2.75, 3.05) is 13.1 Å². The Balaban J connectivity index is 2.50. The molecule has 160 valence electrons. The molecule has 1 rings (SSSR count). The molecule has 1 heterocycles. The predicted octanol–water partition coefficient (Wildman–Crippen LogP) is 0.909. The molecule has 0 aromatic rings. The van der Waals surface area contributed by atoms with Gasteiger partial charge in [-0.3, -0.25) is 19.2 Å². The lowest BCUT2D eigenvalue weighted by Gasteiger charge is -2.23. The van der Waals surface area contributed by atoms with Gasteiger partial charge in [-0.15, -0.1) is 0 Å². The summed E-state index contributed by atoms with van der Waals surface area (Å²) >= 11 is 0. The van der Waals surface area contributed by atoms with E-state index in [-0.39, 0.29) is 55.0 Å². The number of ketones is 1. The molecule has 1 aliphatic heterocycles. The van der Waals surface area contributed by atoms with Crippen LogP contribution in [0.5, 0.6) is 0 Å². The summed E-state index contributed by atoms with van der Waals surface area (Å²) in [5.41, 5.74) is 0. The van der Waals surface area contributed by atoms with E-state index in [1.54, 1.807) is 18.7 Å². The molecule has 3 N–H and O–H groups in total. The average molecular weight is 398 g/mol. The topological polar surface area (TPSA) is 116 Å². The Kier molecular flexibility index (Phi) is 10.7. The van der Waals surface area contributed by atoms with Crippen LogP contribution in [0.15, 0.2) is 0 Å². The molecule has 0 aliphatic carbocycles. The zero-order valence-corrected chi connectivity index (χ0v) is 17.3. The lowest BCUT2D eigenvalue weighted by molar-refractivity contribution is -0.134. The molecule has 1 saturated heterocycles. The van der Waals surface area contributed by atoms with Gasteiger partial charge >= 0.3 is 0 Å². The Hall–Kier alpha value is -1.96.